The molecule has 116 valence electrons. The average Bonchev–Trinajstić information content (AvgIpc) is 2.54. The van der Waals surface area contributed by atoms with Gasteiger partial charge in [0.2, 0.25) is 5.91 Å². The molecular weight excluding hydrogens is 270 g/mol. The van der Waals surface area contributed by atoms with Gasteiger partial charge in [-0.2, -0.15) is 0 Å². The number of hydrogen-bond acceptors (Lipinski definition) is 4. The van der Waals surface area contributed by atoms with Gasteiger partial charge < -0.3 is 19.9 Å². The number of nitrogens with one attached hydrogen (secondary N) is 1. The number of amides is 1. The number of benzene rings is 1. The minimum atomic E-state index is -0.139. The molecule has 1 aromatic carbocycles. The molecule has 5 heteroatoms. The Morgan fingerprint density at radius 3 is 3.00 bits per heavy atom. The van der Waals surface area contributed by atoms with Crippen molar-refractivity contribution in [3.63, 3.8) is 0 Å². The Morgan fingerprint density at radius 1 is 1.38 bits per heavy atom. The third-order valence-electron chi connectivity index (χ3n) is 3.47. The summed E-state index contributed by atoms with van der Waals surface area (Å²) < 4.78 is 10.9. The molecule has 21 heavy (non-hydrogen) atoms. The molecule has 1 atom stereocenters. The quantitative estimate of drug-likeness (QED) is 0.797. The summed E-state index contributed by atoms with van der Waals surface area (Å²) in [6, 6.07) is 7.50. The molecule has 0 aromatic heterocycles. The standard InChI is InChI=1S/C16H23NO4/c18-10-14-5-3-4-13(8-14)9-17-16(19)12-20-11-15-6-1-2-7-21-15/h3-5,8,15,18H,1-2,6-7,9-12H2,(H,17,19)/t15-/m1/s1. The molecule has 0 radical (unpaired) electrons. The van der Waals surface area contributed by atoms with Crippen LogP contribution in [0.5, 0.6) is 0 Å². The summed E-state index contributed by atoms with van der Waals surface area (Å²) in [6.07, 6.45) is 3.42. The van der Waals surface area contributed by atoms with E-state index in [1.807, 2.05) is 24.3 Å². The lowest BCUT2D eigenvalue weighted by Crippen LogP contribution is -2.30. The van der Waals surface area contributed by atoms with Crippen molar-refractivity contribution in [3.8, 4) is 0 Å². The molecule has 1 heterocycles. The number of aliphatic hydroxyl groups excluding tert-OH is 1. The number of carbonyl (C=O) groups excluding carboxylic acids is 1. The van der Waals surface area contributed by atoms with Crippen molar-refractivity contribution in [3.05, 3.63) is 35.4 Å². The van der Waals surface area contributed by atoms with Crippen LogP contribution < -0.4 is 5.32 Å². The lowest BCUT2D eigenvalue weighted by Gasteiger charge is -2.22. The largest absolute Gasteiger partial charge is 0.392 e. The molecule has 2 rings (SSSR count). The van der Waals surface area contributed by atoms with Crippen molar-refractivity contribution < 1.29 is 19.4 Å². The smallest absolute Gasteiger partial charge is 0.246 e. The lowest BCUT2D eigenvalue weighted by molar-refractivity contribution is -0.128. The Balaban J connectivity index is 1.62. The lowest BCUT2D eigenvalue weighted by atomic mass is 10.1. The average molecular weight is 293 g/mol. The zero-order valence-corrected chi connectivity index (χ0v) is 12.2. The highest BCUT2D eigenvalue weighted by molar-refractivity contribution is 5.77. The highest BCUT2D eigenvalue weighted by Crippen LogP contribution is 2.12. The molecule has 0 unspecified atom stereocenters. The Labute approximate surface area is 125 Å². The molecule has 1 amide bonds. The Morgan fingerprint density at radius 2 is 2.24 bits per heavy atom. The van der Waals surface area contributed by atoms with E-state index in [9.17, 15) is 4.79 Å². The first-order valence-electron chi connectivity index (χ1n) is 7.42. The van der Waals surface area contributed by atoms with Gasteiger partial charge in [-0.1, -0.05) is 24.3 Å². The molecule has 5 nitrogen and oxygen atoms in total. The van der Waals surface area contributed by atoms with Crippen molar-refractivity contribution in [2.24, 2.45) is 0 Å². The second-order valence-corrected chi connectivity index (χ2v) is 5.26. The molecule has 1 saturated heterocycles. The van der Waals surface area contributed by atoms with Gasteiger partial charge in [0.1, 0.15) is 6.61 Å². The zero-order valence-electron chi connectivity index (χ0n) is 12.2. The van der Waals surface area contributed by atoms with Crippen molar-refractivity contribution in [1.29, 1.82) is 0 Å². The van der Waals surface area contributed by atoms with Gasteiger partial charge in [0.25, 0.3) is 0 Å². The summed E-state index contributed by atoms with van der Waals surface area (Å²) in [4.78, 5) is 11.7. The Kier molecular flexibility index (Phi) is 6.66. The molecule has 1 fully saturated rings. The normalized spacial score (nSPS) is 18.4. The van der Waals surface area contributed by atoms with E-state index >= 15 is 0 Å². The van der Waals surface area contributed by atoms with Crippen LogP contribution in [-0.2, 0) is 27.4 Å². The molecule has 0 bridgehead atoms. The van der Waals surface area contributed by atoms with Crippen molar-refractivity contribution >= 4 is 5.91 Å². The summed E-state index contributed by atoms with van der Waals surface area (Å²) >= 11 is 0. The van der Waals surface area contributed by atoms with Crippen LogP contribution in [0, 0.1) is 0 Å². The minimum Gasteiger partial charge on any atom is -0.392 e. The second-order valence-electron chi connectivity index (χ2n) is 5.26. The summed E-state index contributed by atoms with van der Waals surface area (Å²) in [7, 11) is 0. The topological polar surface area (TPSA) is 67.8 Å². The molecular formula is C16H23NO4. The monoisotopic (exact) mass is 293 g/mol. The van der Waals surface area contributed by atoms with Crippen LogP contribution in [0.1, 0.15) is 30.4 Å². The maximum absolute atomic E-state index is 11.7. The van der Waals surface area contributed by atoms with Crippen LogP contribution in [-0.4, -0.2) is 36.9 Å². The van der Waals surface area contributed by atoms with Gasteiger partial charge in [0.15, 0.2) is 0 Å². The molecule has 0 spiro atoms. The summed E-state index contributed by atoms with van der Waals surface area (Å²) in [5.74, 6) is -0.139. The minimum absolute atomic E-state index is 0.00624. The van der Waals surface area contributed by atoms with E-state index in [0.717, 1.165) is 30.6 Å². The van der Waals surface area contributed by atoms with Gasteiger partial charge in [0.05, 0.1) is 19.3 Å². The van der Waals surface area contributed by atoms with Gasteiger partial charge in [-0.15, -0.1) is 0 Å². The van der Waals surface area contributed by atoms with Crippen LogP contribution in [0.4, 0.5) is 0 Å². The molecule has 0 saturated carbocycles. The number of ether oxygens (including phenoxy) is 2. The fourth-order valence-electron chi connectivity index (χ4n) is 2.31. The first-order chi connectivity index (χ1) is 10.3. The number of rotatable bonds is 7. The Hall–Kier alpha value is -1.43. The number of carbonyl (C=O) groups is 1. The van der Waals surface area contributed by atoms with Gasteiger partial charge in [-0.25, -0.2) is 0 Å². The van der Waals surface area contributed by atoms with E-state index in [1.165, 1.54) is 6.42 Å². The fourth-order valence-corrected chi connectivity index (χ4v) is 2.31. The van der Waals surface area contributed by atoms with Gasteiger partial charge >= 0.3 is 0 Å². The van der Waals surface area contributed by atoms with E-state index in [1.54, 1.807) is 0 Å². The summed E-state index contributed by atoms with van der Waals surface area (Å²) in [6.45, 7) is 1.77. The van der Waals surface area contributed by atoms with E-state index in [4.69, 9.17) is 14.6 Å². The fraction of sp³-hybridized carbons (Fsp3) is 0.562. The molecule has 2 N–H and O–H groups in total. The third kappa shape index (κ3) is 5.83. The first-order valence-corrected chi connectivity index (χ1v) is 7.42. The molecule has 0 aliphatic carbocycles. The summed E-state index contributed by atoms with van der Waals surface area (Å²) in [5.41, 5.74) is 1.80. The number of aliphatic hydroxyl groups is 1. The van der Waals surface area contributed by atoms with Crippen molar-refractivity contribution in [2.75, 3.05) is 19.8 Å². The molecule has 1 aromatic rings. The highest BCUT2D eigenvalue weighted by Gasteiger charge is 2.14. The first kappa shape index (κ1) is 15.9. The van der Waals surface area contributed by atoms with Crippen LogP contribution >= 0.6 is 0 Å². The summed E-state index contributed by atoms with van der Waals surface area (Å²) in [5, 5.41) is 11.9. The van der Waals surface area contributed by atoms with E-state index in [0.29, 0.717) is 13.2 Å². The predicted octanol–water partition coefficient (Wildman–Crippen LogP) is 1.38. The maximum Gasteiger partial charge on any atom is 0.246 e. The van der Waals surface area contributed by atoms with E-state index < -0.39 is 0 Å². The van der Waals surface area contributed by atoms with Gasteiger partial charge in [0, 0.05) is 13.2 Å². The van der Waals surface area contributed by atoms with Crippen LogP contribution in [0.25, 0.3) is 0 Å². The van der Waals surface area contributed by atoms with Crippen molar-refractivity contribution in [1.82, 2.24) is 5.32 Å². The second kappa shape index (κ2) is 8.77. The SMILES string of the molecule is O=C(COC[C@H]1CCCCO1)NCc1cccc(CO)c1. The van der Waals surface area contributed by atoms with Gasteiger partial charge in [-0.3, -0.25) is 4.79 Å². The molecule has 1 aliphatic rings. The van der Waals surface area contributed by atoms with E-state index in [2.05, 4.69) is 5.32 Å². The predicted molar refractivity (Wildman–Crippen MR) is 78.6 cm³/mol. The van der Waals surface area contributed by atoms with Crippen LogP contribution in [0.3, 0.4) is 0 Å². The Bertz CT molecular complexity index is 444. The highest BCUT2D eigenvalue weighted by atomic mass is 16.5. The van der Waals surface area contributed by atoms with E-state index in [-0.39, 0.29) is 25.2 Å². The van der Waals surface area contributed by atoms with Crippen molar-refractivity contribution in [2.45, 2.75) is 38.5 Å². The zero-order chi connectivity index (χ0) is 14.9. The van der Waals surface area contributed by atoms with Crippen LogP contribution in [0.2, 0.25) is 0 Å². The number of hydrogen-bond donors (Lipinski definition) is 2. The third-order valence-corrected chi connectivity index (χ3v) is 3.47. The van der Waals surface area contributed by atoms with Gasteiger partial charge in [-0.05, 0) is 30.4 Å². The maximum atomic E-state index is 11.7. The van der Waals surface area contributed by atoms with Crippen LogP contribution in [0.15, 0.2) is 24.3 Å². The molecule has 1 aliphatic heterocycles.